The molecule has 0 unspecified atom stereocenters. The molecule has 1 N–H and O–H groups in total. The van der Waals surface area contributed by atoms with E-state index in [0.29, 0.717) is 30.7 Å². The number of nitrogens with one attached hydrogen (secondary N) is 1. The Morgan fingerprint density at radius 1 is 1.32 bits per heavy atom. The Morgan fingerprint density at radius 2 is 2.11 bits per heavy atom. The van der Waals surface area contributed by atoms with Gasteiger partial charge in [0.1, 0.15) is 5.75 Å². The number of hydrogen-bond donors (Lipinski definition) is 1. The lowest BCUT2D eigenvalue weighted by Crippen LogP contribution is -2.38. The van der Waals surface area contributed by atoms with E-state index >= 15 is 0 Å². The van der Waals surface area contributed by atoms with Crippen LogP contribution in [0.25, 0.3) is 0 Å². The molecule has 1 amide bonds. The lowest BCUT2D eigenvalue weighted by molar-refractivity contribution is -0.113. The number of aryl methyl sites for hydroxylation is 1. The summed E-state index contributed by atoms with van der Waals surface area (Å²) in [6.45, 7) is 5.04. The van der Waals surface area contributed by atoms with Crippen molar-refractivity contribution < 1.29 is 14.3 Å². The predicted molar refractivity (Wildman–Crippen MR) is 108 cm³/mol. The van der Waals surface area contributed by atoms with Crippen molar-refractivity contribution in [3.05, 3.63) is 23.8 Å². The number of carbonyl (C=O) groups is 1. The van der Waals surface area contributed by atoms with E-state index in [1.807, 2.05) is 25.1 Å². The molecular formula is C19H25N5O3S. The zero-order valence-corrected chi connectivity index (χ0v) is 17.0. The van der Waals surface area contributed by atoms with Gasteiger partial charge in [-0.2, -0.15) is 0 Å². The summed E-state index contributed by atoms with van der Waals surface area (Å²) in [6, 6.07) is 6.16. The second-order valence-electron chi connectivity index (χ2n) is 7.02. The molecular weight excluding hydrogens is 378 g/mol. The number of ether oxygens (including phenoxy) is 2. The maximum Gasteiger partial charge on any atom is 0.234 e. The monoisotopic (exact) mass is 403 g/mol. The van der Waals surface area contributed by atoms with Crippen molar-refractivity contribution >= 4 is 29.3 Å². The van der Waals surface area contributed by atoms with Crippen LogP contribution in [0.2, 0.25) is 0 Å². The van der Waals surface area contributed by atoms with Crippen LogP contribution in [0.3, 0.4) is 0 Å². The van der Waals surface area contributed by atoms with Crippen LogP contribution in [0.5, 0.6) is 5.75 Å². The Bertz CT molecular complexity index is 846. The molecule has 9 heteroatoms. The minimum atomic E-state index is -0.0906. The third-order valence-electron chi connectivity index (χ3n) is 4.81. The van der Waals surface area contributed by atoms with Gasteiger partial charge in [0.15, 0.2) is 5.16 Å². The maximum absolute atomic E-state index is 12.5. The quantitative estimate of drug-likeness (QED) is 0.711. The molecule has 0 spiro atoms. The van der Waals surface area contributed by atoms with Gasteiger partial charge in [-0.3, -0.25) is 9.36 Å². The van der Waals surface area contributed by atoms with Crippen LogP contribution in [0, 0.1) is 6.92 Å². The number of nitrogens with zero attached hydrogens (tertiary/aromatic N) is 4. The molecule has 8 nitrogen and oxygen atoms in total. The molecule has 150 valence electrons. The SMILES string of the molecule is COc1ccc(C)cc1NC(=O)CSc1nnc(N2CCOCC2)n1C1CC1. The Balaban J connectivity index is 1.43. The van der Waals surface area contributed by atoms with E-state index in [0.717, 1.165) is 42.6 Å². The number of aromatic nitrogens is 3. The lowest BCUT2D eigenvalue weighted by atomic mass is 10.2. The van der Waals surface area contributed by atoms with E-state index in [2.05, 4.69) is 25.0 Å². The summed E-state index contributed by atoms with van der Waals surface area (Å²) in [5.74, 6) is 1.73. The molecule has 2 aliphatic rings. The smallest absolute Gasteiger partial charge is 0.234 e. The van der Waals surface area contributed by atoms with Gasteiger partial charge in [-0.1, -0.05) is 17.8 Å². The van der Waals surface area contributed by atoms with Crippen LogP contribution < -0.4 is 15.0 Å². The van der Waals surface area contributed by atoms with E-state index in [1.165, 1.54) is 11.8 Å². The van der Waals surface area contributed by atoms with Gasteiger partial charge in [0.25, 0.3) is 0 Å². The Morgan fingerprint density at radius 3 is 2.82 bits per heavy atom. The number of methoxy groups -OCH3 is 1. The van der Waals surface area contributed by atoms with Crippen molar-refractivity contribution in [3.8, 4) is 5.75 Å². The largest absolute Gasteiger partial charge is 0.495 e. The fourth-order valence-corrected chi connectivity index (χ4v) is 4.04. The first kappa shape index (κ1) is 19.1. The molecule has 2 fully saturated rings. The van der Waals surface area contributed by atoms with Gasteiger partial charge in [-0.15, -0.1) is 10.2 Å². The van der Waals surface area contributed by atoms with Crippen molar-refractivity contribution in [1.82, 2.24) is 14.8 Å². The number of carbonyl (C=O) groups excluding carboxylic acids is 1. The van der Waals surface area contributed by atoms with Crippen molar-refractivity contribution in [3.63, 3.8) is 0 Å². The molecule has 1 saturated carbocycles. The second-order valence-corrected chi connectivity index (χ2v) is 7.97. The molecule has 28 heavy (non-hydrogen) atoms. The number of rotatable bonds is 7. The average Bonchev–Trinajstić information content (AvgIpc) is 3.46. The van der Waals surface area contributed by atoms with Gasteiger partial charge in [0, 0.05) is 19.1 Å². The fraction of sp³-hybridized carbons (Fsp3) is 0.526. The van der Waals surface area contributed by atoms with Crippen LogP contribution in [0.15, 0.2) is 23.4 Å². The van der Waals surface area contributed by atoms with Crippen LogP contribution in [0.4, 0.5) is 11.6 Å². The normalized spacial score (nSPS) is 16.9. The fourth-order valence-electron chi connectivity index (χ4n) is 3.23. The Hall–Kier alpha value is -2.26. The molecule has 1 aromatic carbocycles. The van der Waals surface area contributed by atoms with Crippen LogP contribution in [0.1, 0.15) is 24.4 Å². The molecule has 1 aliphatic carbocycles. The lowest BCUT2D eigenvalue weighted by Gasteiger charge is -2.27. The Labute approximate surface area is 168 Å². The van der Waals surface area contributed by atoms with E-state index in [9.17, 15) is 4.79 Å². The van der Waals surface area contributed by atoms with E-state index < -0.39 is 0 Å². The summed E-state index contributed by atoms with van der Waals surface area (Å²) in [4.78, 5) is 14.7. The molecule has 2 aromatic rings. The standard InChI is InChI=1S/C19H25N5O3S/c1-13-3-6-16(26-2)15(11-13)20-17(25)12-28-19-22-21-18(24(19)14-4-5-14)23-7-9-27-10-8-23/h3,6,11,14H,4-5,7-10,12H2,1-2H3,(H,20,25). The summed E-state index contributed by atoms with van der Waals surface area (Å²) < 4.78 is 13.0. The molecule has 0 atom stereocenters. The number of hydrogen-bond acceptors (Lipinski definition) is 7. The summed E-state index contributed by atoms with van der Waals surface area (Å²) in [5, 5.41) is 12.5. The average molecular weight is 404 g/mol. The van der Waals surface area contributed by atoms with E-state index in [4.69, 9.17) is 9.47 Å². The van der Waals surface area contributed by atoms with Crippen molar-refractivity contribution in [2.24, 2.45) is 0 Å². The highest BCUT2D eigenvalue weighted by molar-refractivity contribution is 7.99. The highest BCUT2D eigenvalue weighted by atomic mass is 32.2. The first-order valence-electron chi connectivity index (χ1n) is 9.50. The maximum atomic E-state index is 12.5. The number of anilines is 2. The van der Waals surface area contributed by atoms with Gasteiger partial charge >= 0.3 is 0 Å². The van der Waals surface area contributed by atoms with Gasteiger partial charge < -0.3 is 19.7 Å². The van der Waals surface area contributed by atoms with Crippen LogP contribution in [-0.4, -0.2) is 59.8 Å². The van der Waals surface area contributed by atoms with Crippen LogP contribution in [-0.2, 0) is 9.53 Å². The summed E-state index contributed by atoms with van der Waals surface area (Å²) in [5.41, 5.74) is 1.75. The van der Waals surface area contributed by atoms with E-state index in [1.54, 1.807) is 7.11 Å². The van der Waals surface area contributed by atoms with E-state index in [-0.39, 0.29) is 11.7 Å². The van der Waals surface area contributed by atoms with Crippen molar-refractivity contribution in [1.29, 1.82) is 0 Å². The van der Waals surface area contributed by atoms with Gasteiger partial charge in [0.2, 0.25) is 11.9 Å². The minimum Gasteiger partial charge on any atom is -0.495 e. The van der Waals surface area contributed by atoms with Crippen molar-refractivity contribution in [2.45, 2.75) is 31.0 Å². The first-order valence-corrected chi connectivity index (χ1v) is 10.5. The van der Waals surface area contributed by atoms with Gasteiger partial charge in [-0.25, -0.2) is 0 Å². The molecule has 1 saturated heterocycles. The molecule has 0 radical (unpaired) electrons. The third-order valence-corrected chi connectivity index (χ3v) is 5.76. The number of amides is 1. The predicted octanol–water partition coefficient (Wildman–Crippen LogP) is 2.50. The molecule has 1 aromatic heterocycles. The number of benzene rings is 1. The number of thioether (sulfide) groups is 1. The highest BCUT2D eigenvalue weighted by Gasteiger charge is 2.32. The second kappa shape index (κ2) is 8.40. The van der Waals surface area contributed by atoms with Gasteiger partial charge in [-0.05, 0) is 37.5 Å². The summed E-state index contributed by atoms with van der Waals surface area (Å²) >= 11 is 1.42. The molecule has 2 heterocycles. The highest BCUT2D eigenvalue weighted by Crippen LogP contribution is 2.41. The summed E-state index contributed by atoms with van der Waals surface area (Å²) in [7, 11) is 1.60. The minimum absolute atomic E-state index is 0.0906. The topological polar surface area (TPSA) is 81.5 Å². The number of morpholine rings is 1. The Kier molecular flexibility index (Phi) is 5.72. The van der Waals surface area contributed by atoms with Gasteiger partial charge in [0.05, 0.1) is 31.8 Å². The van der Waals surface area contributed by atoms with Crippen molar-refractivity contribution in [2.75, 3.05) is 49.4 Å². The zero-order chi connectivity index (χ0) is 19.5. The zero-order valence-electron chi connectivity index (χ0n) is 16.2. The molecule has 0 bridgehead atoms. The third kappa shape index (κ3) is 4.25. The molecule has 4 rings (SSSR count). The summed E-state index contributed by atoms with van der Waals surface area (Å²) in [6.07, 6.45) is 2.27. The molecule has 1 aliphatic heterocycles. The van der Waals surface area contributed by atoms with Crippen LogP contribution >= 0.6 is 11.8 Å². The first-order chi connectivity index (χ1) is 13.7.